The van der Waals surface area contributed by atoms with E-state index in [9.17, 15) is 0 Å². The second-order valence-corrected chi connectivity index (χ2v) is 3.89. The Morgan fingerprint density at radius 3 is 2.00 bits per heavy atom. The lowest BCUT2D eigenvalue weighted by Crippen LogP contribution is -2.17. The van der Waals surface area contributed by atoms with E-state index in [-0.39, 0.29) is 0 Å². The average Bonchev–Trinajstić information content (AvgIpc) is 2.79. The van der Waals surface area contributed by atoms with E-state index in [1.807, 2.05) is 0 Å². The molecule has 0 aromatic rings. The average molecular weight is 213 g/mol. The normalized spacial score (nSPS) is 30.9. The summed E-state index contributed by atoms with van der Waals surface area (Å²) >= 11 is 0. The lowest BCUT2D eigenvalue weighted by atomic mass is 9.94. The number of fused-ring (bicyclic) bond motifs is 2. The van der Waals surface area contributed by atoms with Crippen LogP contribution in [0.4, 0.5) is 0 Å². The van der Waals surface area contributed by atoms with Crippen molar-refractivity contribution >= 4 is 11.9 Å². The monoisotopic (exact) mass is 213 g/mol. The minimum absolute atomic E-state index is 0.819. The molecule has 0 aromatic carbocycles. The van der Waals surface area contributed by atoms with E-state index in [0.29, 0.717) is 0 Å². The summed E-state index contributed by atoms with van der Waals surface area (Å²) in [5.41, 5.74) is 5.59. The number of aliphatic carboxylic acids is 2. The van der Waals surface area contributed by atoms with Gasteiger partial charge in [0.05, 0.1) is 0 Å². The Kier molecular flexibility index (Phi) is 3.85. The third kappa shape index (κ3) is 3.06. The molecule has 2 bridgehead atoms. The molecular formula is C10H15NO4. The van der Waals surface area contributed by atoms with E-state index in [0.717, 1.165) is 24.3 Å². The van der Waals surface area contributed by atoms with Crippen molar-refractivity contribution in [1.82, 2.24) is 0 Å². The lowest BCUT2D eigenvalue weighted by molar-refractivity contribution is -0.159. The summed E-state index contributed by atoms with van der Waals surface area (Å²) in [5, 5.41) is 14.8. The molecule has 84 valence electrons. The fraction of sp³-hybridized carbons (Fsp3) is 0.600. The maximum atomic E-state index is 9.10. The molecule has 2 aliphatic carbocycles. The maximum absolute atomic E-state index is 9.10. The second kappa shape index (κ2) is 4.93. The van der Waals surface area contributed by atoms with Gasteiger partial charge in [-0.25, -0.2) is 9.59 Å². The summed E-state index contributed by atoms with van der Waals surface area (Å²) in [4.78, 5) is 18.2. The molecule has 1 saturated carbocycles. The molecule has 0 radical (unpaired) electrons. The van der Waals surface area contributed by atoms with Crippen molar-refractivity contribution in [3.05, 3.63) is 12.2 Å². The molecule has 5 heteroatoms. The van der Waals surface area contributed by atoms with Gasteiger partial charge in [0.25, 0.3) is 0 Å². The highest BCUT2D eigenvalue weighted by Crippen LogP contribution is 2.42. The summed E-state index contributed by atoms with van der Waals surface area (Å²) in [5.74, 6) is -1.09. The van der Waals surface area contributed by atoms with Gasteiger partial charge in [0.15, 0.2) is 0 Å². The molecule has 4 N–H and O–H groups in total. The summed E-state index contributed by atoms with van der Waals surface area (Å²) in [7, 11) is 0. The molecule has 3 atom stereocenters. The van der Waals surface area contributed by atoms with E-state index in [1.165, 1.54) is 12.8 Å². The Balaban J connectivity index is 0.000000167. The molecule has 0 amide bonds. The van der Waals surface area contributed by atoms with Crippen LogP contribution in [0.1, 0.15) is 12.8 Å². The fourth-order valence-electron chi connectivity index (χ4n) is 2.17. The molecule has 2 aliphatic rings. The van der Waals surface area contributed by atoms with E-state index < -0.39 is 11.9 Å². The van der Waals surface area contributed by atoms with Crippen LogP contribution in [0.15, 0.2) is 12.2 Å². The number of allylic oxidation sites excluding steroid dienone is 2. The zero-order chi connectivity index (χ0) is 11.4. The highest BCUT2D eigenvalue weighted by molar-refractivity contribution is 6.27. The minimum Gasteiger partial charge on any atom is -0.473 e. The molecule has 2 rings (SSSR count). The number of rotatable bonds is 1. The van der Waals surface area contributed by atoms with Gasteiger partial charge >= 0.3 is 11.9 Å². The first-order valence-corrected chi connectivity index (χ1v) is 4.89. The van der Waals surface area contributed by atoms with E-state index in [1.54, 1.807) is 0 Å². The first-order chi connectivity index (χ1) is 7.04. The van der Waals surface area contributed by atoms with E-state index in [2.05, 4.69) is 12.2 Å². The van der Waals surface area contributed by atoms with Crippen LogP contribution in [0.5, 0.6) is 0 Å². The predicted octanol–water partition coefficient (Wildman–Crippen LogP) is 0.313. The fourth-order valence-corrected chi connectivity index (χ4v) is 2.17. The Bertz CT molecular complexity index is 275. The van der Waals surface area contributed by atoms with Crippen LogP contribution >= 0.6 is 0 Å². The van der Waals surface area contributed by atoms with Gasteiger partial charge in [0.2, 0.25) is 0 Å². The zero-order valence-electron chi connectivity index (χ0n) is 8.30. The number of carbonyl (C=O) groups is 2. The summed E-state index contributed by atoms with van der Waals surface area (Å²) in [6.07, 6.45) is 7.46. The SMILES string of the molecule is NCC1CC2C=CC1C2.O=C(O)C(=O)O. The van der Waals surface area contributed by atoms with Crippen LogP contribution in [0, 0.1) is 17.8 Å². The van der Waals surface area contributed by atoms with Crippen molar-refractivity contribution in [2.24, 2.45) is 23.5 Å². The Morgan fingerprint density at radius 2 is 1.80 bits per heavy atom. The Labute approximate surface area is 87.6 Å². The first kappa shape index (κ1) is 11.7. The van der Waals surface area contributed by atoms with Crippen molar-refractivity contribution in [2.75, 3.05) is 6.54 Å². The number of carboxylic acid groups (broad SMARTS) is 2. The van der Waals surface area contributed by atoms with Gasteiger partial charge < -0.3 is 15.9 Å². The van der Waals surface area contributed by atoms with Crippen LogP contribution in [-0.4, -0.2) is 28.7 Å². The predicted molar refractivity (Wildman–Crippen MR) is 53.2 cm³/mol. The number of hydrogen-bond donors (Lipinski definition) is 3. The van der Waals surface area contributed by atoms with Crippen molar-refractivity contribution in [3.63, 3.8) is 0 Å². The summed E-state index contributed by atoms with van der Waals surface area (Å²) in [6, 6.07) is 0. The van der Waals surface area contributed by atoms with Gasteiger partial charge in [0, 0.05) is 0 Å². The van der Waals surface area contributed by atoms with Crippen LogP contribution in [-0.2, 0) is 9.59 Å². The van der Waals surface area contributed by atoms with Crippen LogP contribution < -0.4 is 5.73 Å². The van der Waals surface area contributed by atoms with Gasteiger partial charge in [-0.2, -0.15) is 0 Å². The molecule has 5 nitrogen and oxygen atoms in total. The number of hydrogen-bond acceptors (Lipinski definition) is 3. The van der Waals surface area contributed by atoms with Gasteiger partial charge in [-0.05, 0) is 37.1 Å². The molecule has 0 heterocycles. The molecule has 0 aliphatic heterocycles. The van der Waals surface area contributed by atoms with Gasteiger partial charge in [-0.3, -0.25) is 0 Å². The van der Waals surface area contributed by atoms with Crippen molar-refractivity contribution in [1.29, 1.82) is 0 Å². The molecule has 0 aromatic heterocycles. The highest BCUT2D eigenvalue weighted by Gasteiger charge is 2.34. The molecule has 1 fully saturated rings. The number of nitrogens with two attached hydrogens (primary N) is 1. The van der Waals surface area contributed by atoms with Gasteiger partial charge in [0.1, 0.15) is 0 Å². The third-order valence-corrected chi connectivity index (χ3v) is 2.90. The van der Waals surface area contributed by atoms with E-state index >= 15 is 0 Å². The van der Waals surface area contributed by atoms with Crippen LogP contribution in [0.3, 0.4) is 0 Å². The van der Waals surface area contributed by atoms with Crippen LogP contribution in [0.25, 0.3) is 0 Å². The van der Waals surface area contributed by atoms with Gasteiger partial charge in [-0.1, -0.05) is 12.2 Å². The quantitative estimate of drug-likeness (QED) is 0.430. The number of carboxylic acids is 2. The molecular weight excluding hydrogens is 198 g/mol. The Hall–Kier alpha value is -1.36. The topological polar surface area (TPSA) is 101 Å². The maximum Gasteiger partial charge on any atom is 0.414 e. The standard InChI is InChI=1S/C8H13N.C2H2O4/c9-5-8-4-6-1-2-7(8)3-6;3-1(4)2(5)6/h1-2,6-8H,3-5,9H2;(H,3,4)(H,5,6). The van der Waals surface area contributed by atoms with Crippen molar-refractivity contribution < 1.29 is 19.8 Å². The minimum atomic E-state index is -1.82. The molecule has 3 unspecified atom stereocenters. The molecule has 0 spiro atoms. The van der Waals surface area contributed by atoms with Crippen molar-refractivity contribution in [2.45, 2.75) is 12.8 Å². The summed E-state index contributed by atoms with van der Waals surface area (Å²) < 4.78 is 0. The largest absolute Gasteiger partial charge is 0.473 e. The lowest BCUT2D eigenvalue weighted by Gasteiger charge is -2.14. The van der Waals surface area contributed by atoms with Crippen molar-refractivity contribution in [3.8, 4) is 0 Å². The first-order valence-electron chi connectivity index (χ1n) is 4.89. The second-order valence-electron chi connectivity index (χ2n) is 3.89. The van der Waals surface area contributed by atoms with E-state index in [4.69, 9.17) is 25.5 Å². The highest BCUT2D eigenvalue weighted by atomic mass is 16.4. The van der Waals surface area contributed by atoms with Gasteiger partial charge in [-0.15, -0.1) is 0 Å². The summed E-state index contributed by atoms with van der Waals surface area (Å²) in [6.45, 7) is 0.894. The molecule has 15 heavy (non-hydrogen) atoms. The molecule has 0 saturated heterocycles. The third-order valence-electron chi connectivity index (χ3n) is 2.90. The van der Waals surface area contributed by atoms with Crippen LogP contribution in [0.2, 0.25) is 0 Å². The Morgan fingerprint density at radius 1 is 1.20 bits per heavy atom. The smallest absolute Gasteiger partial charge is 0.414 e. The zero-order valence-corrected chi connectivity index (χ0v) is 8.30.